The van der Waals surface area contributed by atoms with Gasteiger partial charge in [0, 0.05) is 24.9 Å². The second-order valence-corrected chi connectivity index (χ2v) is 3.10. The molecule has 0 bridgehead atoms. The van der Waals surface area contributed by atoms with Crippen LogP contribution in [0.1, 0.15) is 12.5 Å². The molecule has 1 N–H and O–H groups in total. The van der Waals surface area contributed by atoms with Crippen molar-refractivity contribution in [2.45, 2.75) is 13.3 Å². The molecule has 2 heterocycles. The number of hydrogen-bond donors (Lipinski definition) is 1. The van der Waals surface area contributed by atoms with E-state index in [0.29, 0.717) is 5.82 Å². The van der Waals surface area contributed by atoms with Crippen molar-refractivity contribution in [3.8, 4) is 0 Å². The Hall–Kier alpha value is -2.04. The Kier molecular flexibility index (Phi) is 2.53. The SMILES string of the molecule is CC(=O)ON1NC=CCc2cccnc21. The predicted octanol–water partition coefficient (Wildman–Crippen LogP) is 0.940. The van der Waals surface area contributed by atoms with Gasteiger partial charge in [-0.05, 0) is 12.5 Å². The van der Waals surface area contributed by atoms with Crippen LogP contribution in [0.15, 0.2) is 30.6 Å². The number of hydrazine groups is 1. The summed E-state index contributed by atoms with van der Waals surface area (Å²) in [5.74, 6) is 0.215. The van der Waals surface area contributed by atoms with Gasteiger partial charge in [0.2, 0.25) is 0 Å². The van der Waals surface area contributed by atoms with E-state index in [4.69, 9.17) is 4.84 Å². The van der Waals surface area contributed by atoms with E-state index in [1.165, 1.54) is 12.1 Å². The second kappa shape index (κ2) is 4.00. The average Bonchev–Trinajstić information content (AvgIpc) is 2.41. The van der Waals surface area contributed by atoms with Crippen molar-refractivity contribution >= 4 is 11.8 Å². The minimum Gasteiger partial charge on any atom is -0.319 e. The molecule has 5 nitrogen and oxygen atoms in total. The second-order valence-electron chi connectivity index (χ2n) is 3.10. The van der Waals surface area contributed by atoms with Crippen LogP contribution >= 0.6 is 0 Å². The van der Waals surface area contributed by atoms with Crippen LogP contribution in [-0.4, -0.2) is 11.0 Å². The molecule has 1 aliphatic rings. The number of nitrogens with zero attached hydrogens (tertiary/aromatic N) is 2. The first-order valence-corrected chi connectivity index (χ1v) is 4.61. The maximum Gasteiger partial charge on any atom is 0.331 e. The summed E-state index contributed by atoms with van der Waals surface area (Å²) in [6.07, 6.45) is 6.06. The summed E-state index contributed by atoms with van der Waals surface area (Å²) >= 11 is 0. The highest BCUT2D eigenvalue weighted by molar-refractivity contribution is 5.67. The standard InChI is InChI=1S/C10H11N3O2/c1-8(14)15-13-10-9(4-2-6-11-10)5-3-7-12-13/h2-4,6-7,12H,5H2,1H3. The Balaban J connectivity index is 2.32. The Morgan fingerprint density at radius 2 is 2.53 bits per heavy atom. The lowest BCUT2D eigenvalue weighted by Crippen LogP contribution is -2.36. The molecule has 0 aromatic carbocycles. The molecule has 2 rings (SSSR count). The smallest absolute Gasteiger partial charge is 0.319 e. The summed E-state index contributed by atoms with van der Waals surface area (Å²) in [6.45, 7) is 1.35. The molecule has 0 radical (unpaired) electrons. The Labute approximate surface area is 87.3 Å². The van der Waals surface area contributed by atoms with Crippen LogP contribution in [0.4, 0.5) is 5.82 Å². The van der Waals surface area contributed by atoms with Gasteiger partial charge < -0.3 is 4.84 Å². The number of fused-ring (bicyclic) bond motifs is 1. The summed E-state index contributed by atoms with van der Waals surface area (Å²) in [4.78, 5) is 20.0. The molecule has 5 heteroatoms. The van der Waals surface area contributed by atoms with Crippen molar-refractivity contribution in [1.29, 1.82) is 0 Å². The van der Waals surface area contributed by atoms with Gasteiger partial charge in [-0.15, -0.1) is 0 Å². The van der Waals surface area contributed by atoms with E-state index in [-0.39, 0.29) is 0 Å². The number of allylic oxidation sites excluding steroid dienone is 1. The number of nitrogens with one attached hydrogen (secondary N) is 1. The van der Waals surface area contributed by atoms with E-state index in [9.17, 15) is 4.79 Å². The number of hydrogen-bond acceptors (Lipinski definition) is 5. The number of aromatic nitrogens is 1. The van der Waals surface area contributed by atoms with Crippen LogP contribution in [-0.2, 0) is 16.1 Å². The molecule has 0 fully saturated rings. The van der Waals surface area contributed by atoms with Gasteiger partial charge in [0.15, 0.2) is 5.82 Å². The minimum atomic E-state index is -0.394. The maximum atomic E-state index is 10.9. The lowest BCUT2D eigenvalue weighted by Gasteiger charge is -2.20. The zero-order valence-corrected chi connectivity index (χ0v) is 8.30. The van der Waals surface area contributed by atoms with Crippen LogP contribution in [0, 0.1) is 0 Å². The Bertz CT molecular complexity index is 403. The van der Waals surface area contributed by atoms with E-state index >= 15 is 0 Å². The summed E-state index contributed by atoms with van der Waals surface area (Å²) in [6, 6.07) is 3.79. The average molecular weight is 205 g/mol. The topological polar surface area (TPSA) is 54.5 Å². The van der Waals surface area contributed by atoms with Gasteiger partial charge in [0.25, 0.3) is 0 Å². The highest BCUT2D eigenvalue weighted by Gasteiger charge is 2.15. The monoisotopic (exact) mass is 205 g/mol. The van der Waals surface area contributed by atoms with Gasteiger partial charge in [-0.25, -0.2) is 9.78 Å². The van der Waals surface area contributed by atoms with Crippen LogP contribution in [0.25, 0.3) is 0 Å². The minimum absolute atomic E-state index is 0.394. The first-order chi connectivity index (χ1) is 7.27. The number of carbonyl (C=O) groups excluding carboxylic acids is 1. The maximum absolute atomic E-state index is 10.9. The van der Waals surface area contributed by atoms with Crippen molar-refractivity contribution in [3.63, 3.8) is 0 Å². The summed E-state index contributed by atoms with van der Waals surface area (Å²) in [5, 5.41) is 1.27. The summed E-state index contributed by atoms with van der Waals surface area (Å²) < 4.78 is 0. The van der Waals surface area contributed by atoms with Gasteiger partial charge in [0.1, 0.15) is 0 Å². The van der Waals surface area contributed by atoms with E-state index < -0.39 is 5.97 Å². The molecule has 0 saturated heterocycles. The van der Waals surface area contributed by atoms with Crippen molar-refractivity contribution in [1.82, 2.24) is 10.4 Å². The highest BCUT2D eigenvalue weighted by atomic mass is 16.7. The van der Waals surface area contributed by atoms with Crippen molar-refractivity contribution in [2.24, 2.45) is 0 Å². The molecule has 78 valence electrons. The molecule has 0 unspecified atom stereocenters. The molecule has 0 saturated carbocycles. The molecule has 15 heavy (non-hydrogen) atoms. The van der Waals surface area contributed by atoms with Crippen molar-refractivity contribution in [3.05, 3.63) is 36.2 Å². The molecule has 0 amide bonds. The Morgan fingerprint density at radius 3 is 3.33 bits per heavy atom. The third-order valence-corrected chi connectivity index (χ3v) is 1.93. The first kappa shape index (κ1) is 9.51. The molecule has 0 aliphatic carbocycles. The highest BCUT2D eigenvalue weighted by Crippen LogP contribution is 2.18. The zero-order chi connectivity index (χ0) is 10.7. The van der Waals surface area contributed by atoms with Gasteiger partial charge in [-0.3, -0.25) is 5.43 Å². The molecule has 1 aromatic heterocycles. The van der Waals surface area contributed by atoms with Crippen LogP contribution < -0.4 is 10.6 Å². The molecule has 0 spiro atoms. The lowest BCUT2D eigenvalue weighted by atomic mass is 10.2. The molecular formula is C10H11N3O2. The van der Waals surface area contributed by atoms with Gasteiger partial charge in [0.05, 0.1) is 0 Å². The van der Waals surface area contributed by atoms with Crippen LogP contribution in [0.2, 0.25) is 0 Å². The van der Waals surface area contributed by atoms with Crippen molar-refractivity contribution < 1.29 is 9.63 Å². The fraction of sp³-hybridized carbons (Fsp3) is 0.200. The van der Waals surface area contributed by atoms with E-state index in [1.807, 2.05) is 18.2 Å². The third kappa shape index (κ3) is 2.07. The zero-order valence-electron chi connectivity index (χ0n) is 8.30. The third-order valence-electron chi connectivity index (χ3n) is 1.93. The fourth-order valence-corrected chi connectivity index (χ4v) is 1.34. The molecule has 1 aliphatic heterocycles. The van der Waals surface area contributed by atoms with Crippen molar-refractivity contribution in [2.75, 3.05) is 5.17 Å². The quantitative estimate of drug-likeness (QED) is 0.739. The fourth-order valence-electron chi connectivity index (χ4n) is 1.34. The molecular weight excluding hydrogens is 194 g/mol. The number of rotatable bonds is 1. The van der Waals surface area contributed by atoms with Gasteiger partial charge >= 0.3 is 5.97 Å². The van der Waals surface area contributed by atoms with Crippen LogP contribution in [0.5, 0.6) is 0 Å². The number of pyridine rings is 1. The lowest BCUT2D eigenvalue weighted by molar-refractivity contribution is -0.143. The van der Waals surface area contributed by atoms with E-state index in [2.05, 4.69) is 10.4 Å². The predicted molar refractivity (Wildman–Crippen MR) is 54.5 cm³/mol. The summed E-state index contributed by atoms with van der Waals surface area (Å²) in [5.41, 5.74) is 3.82. The molecule has 0 atom stereocenters. The normalized spacial score (nSPS) is 13.8. The first-order valence-electron chi connectivity index (χ1n) is 4.61. The number of anilines is 1. The largest absolute Gasteiger partial charge is 0.331 e. The summed E-state index contributed by atoms with van der Waals surface area (Å²) in [7, 11) is 0. The van der Waals surface area contributed by atoms with Gasteiger partial charge in [-0.1, -0.05) is 17.3 Å². The number of carbonyl (C=O) groups is 1. The Morgan fingerprint density at radius 1 is 1.67 bits per heavy atom. The van der Waals surface area contributed by atoms with E-state index in [0.717, 1.165) is 12.0 Å². The molecule has 1 aromatic rings. The van der Waals surface area contributed by atoms with Gasteiger partial charge in [-0.2, -0.15) is 0 Å². The van der Waals surface area contributed by atoms with Crippen LogP contribution in [0.3, 0.4) is 0 Å². The van der Waals surface area contributed by atoms with E-state index in [1.54, 1.807) is 12.4 Å².